The molecule has 21 heavy (non-hydrogen) atoms. The number of hydrogen-bond acceptors (Lipinski definition) is 4. The van der Waals surface area contributed by atoms with Crippen molar-refractivity contribution in [3.05, 3.63) is 21.4 Å². The molecular weight excluding hydrogens is 284 g/mol. The normalized spacial score (nSPS) is 11.5. The average Bonchev–Trinajstić information content (AvgIpc) is 2.81. The quantitative estimate of drug-likeness (QED) is 0.725. The van der Waals surface area contributed by atoms with Crippen molar-refractivity contribution in [3.8, 4) is 0 Å². The van der Waals surface area contributed by atoms with Gasteiger partial charge >= 0.3 is 0 Å². The molecule has 1 amide bonds. The van der Waals surface area contributed by atoms with Crippen molar-refractivity contribution >= 4 is 23.0 Å². The minimum absolute atomic E-state index is 0.0401. The number of hydrogen-bond donors (Lipinski definition) is 2. The SMILES string of the molecule is CCC(CC)(CN)NC(=O)CCC(=O)c1cc(C)sc1C. The molecule has 0 aliphatic heterocycles. The van der Waals surface area contributed by atoms with E-state index in [1.165, 1.54) is 0 Å². The van der Waals surface area contributed by atoms with Gasteiger partial charge < -0.3 is 11.1 Å². The third kappa shape index (κ3) is 4.64. The predicted octanol–water partition coefficient (Wildman–Crippen LogP) is 2.96. The van der Waals surface area contributed by atoms with E-state index in [4.69, 9.17) is 5.73 Å². The molecule has 4 nitrogen and oxygen atoms in total. The number of amides is 1. The molecule has 0 saturated heterocycles. The van der Waals surface area contributed by atoms with Crippen molar-refractivity contribution in [1.82, 2.24) is 5.32 Å². The molecule has 1 heterocycles. The highest BCUT2D eigenvalue weighted by Gasteiger charge is 2.26. The molecule has 0 saturated carbocycles. The summed E-state index contributed by atoms with van der Waals surface area (Å²) in [5.41, 5.74) is 6.18. The van der Waals surface area contributed by atoms with Crippen molar-refractivity contribution in [2.24, 2.45) is 5.73 Å². The number of Topliss-reactive ketones (excluding diaryl/α,β-unsaturated/α-hetero) is 1. The van der Waals surface area contributed by atoms with Crippen molar-refractivity contribution in [1.29, 1.82) is 0 Å². The maximum Gasteiger partial charge on any atom is 0.220 e. The standard InChI is InChI=1S/C16H26N2O2S/c1-5-16(6-2,10-17)18-15(20)8-7-14(19)13-9-11(3)21-12(13)4/h9H,5-8,10,17H2,1-4H3,(H,18,20). The van der Waals surface area contributed by atoms with E-state index in [-0.39, 0.29) is 30.1 Å². The summed E-state index contributed by atoms with van der Waals surface area (Å²) in [5, 5.41) is 2.99. The van der Waals surface area contributed by atoms with E-state index in [9.17, 15) is 9.59 Å². The second kappa shape index (κ2) is 7.71. The van der Waals surface area contributed by atoms with E-state index >= 15 is 0 Å². The van der Waals surface area contributed by atoms with Gasteiger partial charge in [0.2, 0.25) is 5.91 Å². The molecule has 0 radical (unpaired) electrons. The first-order valence-corrected chi connectivity index (χ1v) is 8.30. The van der Waals surface area contributed by atoms with Gasteiger partial charge in [-0.25, -0.2) is 0 Å². The van der Waals surface area contributed by atoms with Gasteiger partial charge in [-0.05, 0) is 32.8 Å². The number of nitrogens with one attached hydrogen (secondary N) is 1. The summed E-state index contributed by atoms with van der Waals surface area (Å²) >= 11 is 1.61. The molecule has 118 valence electrons. The molecule has 0 fully saturated rings. The fourth-order valence-corrected chi connectivity index (χ4v) is 3.34. The van der Waals surface area contributed by atoms with Crippen LogP contribution in [-0.2, 0) is 4.79 Å². The summed E-state index contributed by atoms with van der Waals surface area (Å²) in [6.45, 7) is 8.37. The number of thiophene rings is 1. The van der Waals surface area contributed by atoms with Crippen LogP contribution >= 0.6 is 11.3 Å². The topological polar surface area (TPSA) is 72.2 Å². The average molecular weight is 310 g/mol. The lowest BCUT2D eigenvalue weighted by molar-refractivity contribution is -0.123. The van der Waals surface area contributed by atoms with Gasteiger partial charge in [-0.3, -0.25) is 9.59 Å². The van der Waals surface area contributed by atoms with Crippen LogP contribution in [0, 0.1) is 13.8 Å². The molecule has 1 rings (SSSR count). The predicted molar refractivity (Wildman–Crippen MR) is 87.9 cm³/mol. The fourth-order valence-electron chi connectivity index (χ4n) is 2.39. The van der Waals surface area contributed by atoms with Crippen LogP contribution in [0.4, 0.5) is 0 Å². The third-order valence-corrected chi connectivity index (χ3v) is 5.04. The van der Waals surface area contributed by atoms with Gasteiger partial charge in [0.25, 0.3) is 0 Å². The van der Waals surface area contributed by atoms with Gasteiger partial charge in [0, 0.05) is 34.7 Å². The van der Waals surface area contributed by atoms with Gasteiger partial charge in [-0.15, -0.1) is 11.3 Å². The molecular formula is C16H26N2O2S. The van der Waals surface area contributed by atoms with E-state index in [0.29, 0.717) is 6.54 Å². The van der Waals surface area contributed by atoms with Gasteiger partial charge in [0.15, 0.2) is 5.78 Å². The van der Waals surface area contributed by atoms with Crippen LogP contribution in [0.1, 0.15) is 59.6 Å². The van der Waals surface area contributed by atoms with E-state index in [1.807, 2.05) is 33.8 Å². The highest BCUT2D eigenvalue weighted by atomic mass is 32.1. The molecule has 0 aliphatic carbocycles. The Hall–Kier alpha value is -1.20. The van der Waals surface area contributed by atoms with E-state index in [2.05, 4.69) is 5.32 Å². The summed E-state index contributed by atoms with van der Waals surface area (Å²) < 4.78 is 0. The Bertz CT molecular complexity index is 496. The number of carbonyl (C=O) groups is 2. The van der Waals surface area contributed by atoms with Crippen LogP contribution in [0.25, 0.3) is 0 Å². The van der Waals surface area contributed by atoms with E-state index < -0.39 is 0 Å². The van der Waals surface area contributed by atoms with E-state index in [0.717, 1.165) is 28.2 Å². The molecule has 0 atom stereocenters. The third-order valence-electron chi connectivity index (χ3n) is 4.07. The van der Waals surface area contributed by atoms with Crippen LogP contribution in [0.2, 0.25) is 0 Å². The maximum atomic E-state index is 12.2. The zero-order valence-electron chi connectivity index (χ0n) is 13.4. The van der Waals surface area contributed by atoms with Crippen LogP contribution < -0.4 is 11.1 Å². The Labute approximate surface area is 131 Å². The molecule has 1 aromatic heterocycles. The monoisotopic (exact) mass is 310 g/mol. The Balaban J connectivity index is 2.57. The van der Waals surface area contributed by atoms with Crippen LogP contribution in [-0.4, -0.2) is 23.8 Å². The largest absolute Gasteiger partial charge is 0.349 e. The molecule has 0 unspecified atom stereocenters. The summed E-state index contributed by atoms with van der Waals surface area (Å²) in [6.07, 6.45) is 2.05. The second-order valence-electron chi connectivity index (χ2n) is 5.49. The number of nitrogens with two attached hydrogens (primary N) is 1. The first-order chi connectivity index (χ1) is 9.87. The van der Waals surface area contributed by atoms with Crippen LogP contribution in [0.3, 0.4) is 0 Å². The highest BCUT2D eigenvalue weighted by Crippen LogP contribution is 2.22. The van der Waals surface area contributed by atoms with Crippen molar-refractivity contribution in [2.75, 3.05) is 6.54 Å². The van der Waals surface area contributed by atoms with Crippen molar-refractivity contribution in [2.45, 2.75) is 58.9 Å². The molecule has 0 aliphatic rings. The molecule has 0 bridgehead atoms. The lowest BCUT2D eigenvalue weighted by Crippen LogP contribution is -2.52. The van der Waals surface area contributed by atoms with Gasteiger partial charge in [0.05, 0.1) is 5.54 Å². The van der Waals surface area contributed by atoms with Gasteiger partial charge in [0.1, 0.15) is 0 Å². The van der Waals surface area contributed by atoms with Crippen molar-refractivity contribution < 1.29 is 9.59 Å². The molecule has 0 spiro atoms. The lowest BCUT2D eigenvalue weighted by Gasteiger charge is -2.31. The lowest BCUT2D eigenvalue weighted by atomic mass is 9.92. The smallest absolute Gasteiger partial charge is 0.220 e. The summed E-state index contributed by atoms with van der Waals surface area (Å²) in [7, 11) is 0. The zero-order valence-corrected chi connectivity index (χ0v) is 14.2. The minimum Gasteiger partial charge on any atom is -0.349 e. The Kier molecular flexibility index (Phi) is 6.55. The Morgan fingerprint density at radius 1 is 1.24 bits per heavy atom. The molecule has 1 aromatic rings. The second-order valence-corrected chi connectivity index (χ2v) is 6.95. The summed E-state index contributed by atoms with van der Waals surface area (Å²) in [4.78, 5) is 26.4. The number of ketones is 1. The minimum atomic E-state index is -0.338. The first kappa shape index (κ1) is 17.9. The van der Waals surface area contributed by atoms with Crippen LogP contribution in [0.5, 0.6) is 0 Å². The summed E-state index contributed by atoms with van der Waals surface area (Å²) in [5.74, 6) is -0.0551. The molecule has 0 aromatic carbocycles. The zero-order chi connectivity index (χ0) is 16.0. The first-order valence-electron chi connectivity index (χ1n) is 7.48. The van der Waals surface area contributed by atoms with Gasteiger partial charge in [-0.2, -0.15) is 0 Å². The fraction of sp³-hybridized carbons (Fsp3) is 0.625. The number of rotatable bonds is 8. The van der Waals surface area contributed by atoms with Gasteiger partial charge in [-0.1, -0.05) is 13.8 Å². The maximum absolute atomic E-state index is 12.2. The summed E-state index contributed by atoms with van der Waals surface area (Å²) in [6, 6.07) is 1.91. The number of aryl methyl sites for hydroxylation is 2. The molecule has 3 N–H and O–H groups in total. The Morgan fingerprint density at radius 2 is 1.86 bits per heavy atom. The molecule has 5 heteroatoms. The Morgan fingerprint density at radius 3 is 2.29 bits per heavy atom. The van der Waals surface area contributed by atoms with Crippen molar-refractivity contribution in [3.63, 3.8) is 0 Å². The highest BCUT2D eigenvalue weighted by molar-refractivity contribution is 7.12. The van der Waals surface area contributed by atoms with E-state index in [1.54, 1.807) is 11.3 Å². The van der Waals surface area contributed by atoms with Crippen LogP contribution in [0.15, 0.2) is 6.07 Å². The number of carbonyl (C=O) groups excluding carboxylic acids is 2.